The zero-order valence-electron chi connectivity index (χ0n) is 6.38. The lowest BCUT2D eigenvalue weighted by Crippen LogP contribution is -2.06. The normalized spacial score (nSPS) is 33.8. The molecule has 56 valence electrons. The minimum Gasteiger partial charge on any atom is -0.362 e. The fourth-order valence-electron chi connectivity index (χ4n) is 1.65. The molecule has 0 aromatic heterocycles. The third-order valence-electron chi connectivity index (χ3n) is 2.26. The van der Waals surface area contributed by atoms with Crippen LogP contribution in [0, 0.1) is 11.8 Å². The van der Waals surface area contributed by atoms with Crippen LogP contribution in [0.3, 0.4) is 0 Å². The van der Waals surface area contributed by atoms with Crippen molar-refractivity contribution in [3.05, 3.63) is 48.9 Å². The summed E-state index contributed by atoms with van der Waals surface area (Å²) in [5.41, 5.74) is 2.14. The van der Waals surface area contributed by atoms with Gasteiger partial charge in [-0.15, -0.1) is 0 Å². The van der Waals surface area contributed by atoms with Crippen molar-refractivity contribution >= 4 is 0 Å². The zero-order chi connectivity index (χ0) is 7.84. The van der Waals surface area contributed by atoms with E-state index in [1.165, 1.54) is 0 Å². The lowest BCUT2D eigenvalue weighted by Gasteiger charge is -2.13. The van der Waals surface area contributed by atoms with Crippen LogP contribution in [0.1, 0.15) is 0 Å². The van der Waals surface area contributed by atoms with E-state index < -0.39 is 0 Å². The molecule has 0 saturated carbocycles. The molecule has 1 aliphatic carbocycles. The first-order valence-corrected chi connectivity index (χ1v) is 3.78. The molecule has 1 saturated heterocycles. The maximum Gasteiger partial charge on any atom is 0.0284 e. The third-order valence-corrected chi connectivity index (χ3v) is 2.26. The second kappa shape index (κ2) is 2.12. The molecule has 0 aromatic rings. The summed E-state index contributed by atoms with van der Waals surface area (Å²) >= 11 is 0. The molecule has 1 nitrogen and oxygen atoms in total. The first kappa shape index (κ1) is 6.47. The summed E-state index contributed by atoms with van der Waals surface area (Å²) in [5, 5.41) is 3.17. The van der Waals surface area contributed by atoms with Gasteiger partial charge < -0.3 is 5.32 Å². The molecule has 1 N–H and O–H groups in total. The smallest absolute Gasteiger partial charge is 0.0284 e. The van der Waals surface area contributed by atoms with Crippen LogP contribution in [0.25, 0.3) is 0 Å². The van der Waals surface area contributed by atoms with Crippen molar-refractivity contribution < 1.29 is 0 Å². The van der Waals surface area contributed by atoms with Crippen molar-refractivity contribution in [1.82, 2.24) is 5.32 Å². The number of hydrogen-bond donors (Lipinski definition) is 1. The fourth-order valence-corrected chi connectivity index (χ4v) is 1.65. The average molecular weight is 145 g/mol. The van der Waals surface area contributed by atoms with Crippen molar-refractivity contribution in [2.45, 2.75) is 0 Å². The second-order valence-electron chi connectivity index (χ2n) is 3.00. The van der Waals surface area contributed by atoms with Gasteiger partial charge in [-0.2, -0.15) is 0 Å². The van der Waals surface area contributed by atoms with Crippen LogP contribution in [0.15, 0.2) is 48.9 Å². The molecule has 1 aliphatic heterocycles. The molecule has 1 heterocycles. The predicted molar refractivity (Wildman–Crippen MR) is 46.7 cm³/mol. The highest BCUT2D eigenvalue weighted by atomic mass is 15.0. The molecule has 0 bridgehead atoms. The van der Waals surface area contributed by atoms with Crippen LogP contribution in [-0.4, -0.2) is 0 Å². The van der Waals surface area contributed by atoms with Crippen LogP contribution in [0.4, 0.5) is 0 Å². The molecule has 0 radical (unpaired) electrons. The van der Waals surface area contributed by atoms with E-state index in [1.54, 1.807) is 0 Å². The van der Waals surface area contributed by atoms with Crippen molar-refractivity contribution in [3.8, 4) is 0 Å². The van der Waals surface area contributed by atoms with Gasteiger partial charge in [-0.3, -0.25) is 0 Å². The maximum absolute atomic E-state index is 3.93. The second-order valence-corrected chi connectivity index (χ2v) is 3.00. The molecule has 2 aliphatic rings. The molecule has 1 heteroatoms. The van der Waals surface area contributed by atoms with Crippen LogP contribution in [0.2, 0.25) is 0 Å². The standard InChI is InChI=1S/C10H11N/c1-7-9-5-3-4-6-10(9)8(2)11-7/h3-6,9-11H,1-2H2. The Balaban J connectivity index is 2.37. The zero-order valence-corrected chi connectivity index (χ0v) is 6.38. The Morgan fingerprint density at radius 1 is 1.00 bits per heavy atom. The van der Waals surface area contributed by atoms with E-state index in [0.29, 0.717) is 11.8 Å². The van der Waals surface area contributed by atoms with Gasteiger partial charge in [0, 0.05) is 23.2 Å². The van der Waals surface area contributed by atoms with Gasteiger partial charge in [0.15, 0.2) is 0 Å². The Hall–Kier alpha value is -1.24. The Kier molecular flexibility index (Phi) is 1.25. The number of fused-ring (bicyclic) bond motifs is 1. The molecule has 2 atom stereocenters. The molecule has 2 rings (SSSR count). The Morgan fingerprint density at radius 2 is 1.45 bits per heavy atom. The predicted octanol–water partition coefficient (Wildman–Crippen LogP) is 1.98. The number of hydrogen-bond acceptors (Lipinski definition) is 1. The quantitative estimate of drug-likeness (QED) is 0.549. The third kappa shape index (κ3) is 0.845. The Morgan fingerprint density at radius 3 is 1.91 bits per heavy atom. The summed E-state index contributed by atoms with van der Waals surface area (Å²) in [5.74, 6) is 0.875. The summed E-state index contributed by atoms with van der Waals surface area (Å²) in [7, 11) is 0. The summed E-state index contributed by atoms with van der Waals surface area (Å²) in [6, 6.07) is 0. The van der Waals surface area contributed by atoms with E-state index in [4.69, 9.17) is 0 Å². The van der Waals surface area contributed by atoms with E-state index in [2.05, 4.69) is 42.8 Å². The first-order valence-electron chi connectivity index (χ1n) is 3.78. The fraction of sp³-hybridized carbons (Fsp3) is 0.200. The monoisotopic (exact) mass is 145 g/mol. The highest BCUT2D eigenvalue weighted by Gasteiger charge is 2.30. The average Bonchev–Trinajstić information content (AvgIpc) is 2.30. The summed E-state index contributed by atoms with van der Waals surface area (Å²) in [6.07, 6.45) is 8.45. The summed E-state index contributed by atoms with van der Waals surface area (Å²) in [6.45, 7) is 7.86. The maximum atomic E-state index is 3.93. The van der Waals surface area contributed by atoms with Gasteiger partial charge >= 0.3 is 0 Å². The van der Waals surface area contributed by atoms with Crippen LogP contribution in [0.5, 0.6) is 0 Å². The molecular formula is C10H11N. The van der Waals surface area contributed by atoms with Gasteiger partial charge in [-0.1, -0.05) is 37.5 Å². The van der Waals surface area contributed by atoms with Crippen molar-refractivity contribution in [1.29, 1.82) is 0 Å². The molecule has 0 spiro atoms. The van der Waals surface area contributed by atoms with Gasteiger partial charge in [-0.05, 0) is 0 Å². The highest BCUT2D eigenvalue weighted by molar-refractivity contribution is 5.35. The van der Waals surface area contributed by atoms with Gasteiger partial charge in [0.2, 0.25) is 0 Å². The molecule has 2 unspecified atom stereocenters. The van der Waals surface area contributed by atoms with E-state index in [-0.39, 0.29) is 0 Å². The lowest BCUT2D eigenvalue weighted by molar-refractivity contribution is 0.670. The number of allylic oxidation sites excluding steroid dienone is 4. The molecule has 1 fully saturated rings. The van der Waals surface area contributed by atoms with Crippen LogP contribution >= 0.6 is 0 Å². The van der Waals surface area contributed by atoms with Gasteiger partial charge in [0.05, 0.1) is 0 Å². The number of rotatable bonds is 0. The van der Waals surface area contributed by atoms with E-state index >= 15 is 0 Å². The van der Waals surface area contributed by atoms with Gasteiger partial charge in [-0.25, -0.2) is 0 Å². The number of nitrogens with one attached hydrogen (secondary N) is 1. The van der Waals surface area contributed by atoms with Crippen LogP contribution in [-0.2, 0) is 0 Å². The first-order chi connectivity index (χ1) is 5.29. The Bertz CT molecular complexity index is 243. The molecule has 0 amide bonds. The van der Waals surface area contributed by atoms with E-state index in [1.807, 2.05) is 0 Å². The molecular weight excluding hydrogens is 134 g/mol. The largest absolute Gasteiger partial charge is 0.362 e. The van der Waals surface area contributed by atoms with Crippen molar-refractivity contribution in [3.63, 3.8) is 0 Å². The van der Waals surface area contributed by atoms with Crippen LogP contribution < -0.4 is 5.32 Å². The van der Waals surface area contributed by atoms with Crippen molar-refractivity contribution in [2.75, 3.05) is 0 Å². The topological polar surface area (TPSA) is 12.0 Å². The van der Waals surface area contributed by atoms with Gasteiger partial charge in [0.1, 0.15) is 0 Å². The molecule has 11 heavy (non-hydrogen) atoms. The minimum absolute atomic E-state index is 0.437. The Labute approximate surface area is 66.8 Å². The highest BCUT2D eigenvalue weighted by Crippen LogP contribution is 2.34. The summed E-state index contributed by atoms with van der Waals surface area (Å²) in [4.78, 5) is 0. The minimum atomic E-state index is 0.437. The van der Waals surface area contributed by atoms with E-state index in [9.17, 15) is 0 Å². The molecule has 0 aromatic carbocycles. The SMILES string of the molecule is C=C1NC(=C)C2C=CC=CC12. The van der Waals surface area contributed by atoms with E-state index in [0.717, 1.165) is 11.4 Å². The lowest BCUT2D eigenvalue weighted by atomic mass is 9.89. The summed E-state index contributed by atoms with van der Waals surface area (Å²) < 4.78 is 0. The van der Waals surface area contributed by atoms with Crippen molar-refractivity contribution in [2.24, 2.45) is 11.8 Å². The van der Waals surface area contributed by atoms with Gasteiger partial charge in [0.25, 0.3) is 0 Å².